The van der Waals surface area contributed by atoms with Gasteiger partial charge in [0.05, 0.1) is 17.2 Å². The average Bonchev–Trinajstić information content (AvgIpc) is 3.17. The summed E-state index contributed by atoms with van der Waals surface area (Å²) in [5.41, 5.74) is -0.0798. The molecule has 0 saturated carbocycles. The second-order valence-corrected chi connectivity index (χ2v) is 7.84. The van der Waals surface area contributed by atoms with E-state index in [0.717, 1.165) is 11.1 Å². The minimum atomic E-state index is -1.08. The van der Waals surface area contributed by atoms with Crippen molar-refractivity contribution < 1.29 is 4.92 Å². The number of nitrogens with one attached hydrogen (secondary N) is 2. The van der Waals surface area contributed by atoms with Crippen LogP contribution in [0.3, 0.4) is 0 Å². The van der Waals surface area contributed by atoms with Gasteiger partial charge in [0.15, 0.2) is 0 Å². The average molecular weight is 484 g/mol. The van der Waals surface area contributed by atoms with Crippen LogP contribution in [0, 0.1) is 10.1 Å². The molecule has 4 rings (SSSR count). The van der Waals surface area contributed by atoms with Gasteiger partial charge in [-0.3, -0.25) is 24.6 Å². The Labute approximate surface area is 196 Å². The number of aromatic amines is 2. The molecular weight excluding hydrogens is 469 g/mol. The minimum Gasteiger partial charge on any atom is -0.301 e. The first-order valence-electron chi connectivity index (χ1n) is 9.57. The molecule has 2 N–H and O–H groups in total. The van der Waals surface area contributed by atoms with Crippen molar-refractivity contribution in [1.29, 1.82) is 0 Å². The zero-order valence-corrected chi connectivity index (χ0v) is 18.3. The van der Waals surface area contributed by atoms with E-state index in [4.69, 9.17) is 23.2 Å². The maximum Gasteiger partial charge on any atom is 0.357 e. The van der Waals surface area contributed by atoms with Gasteiger partial charge in [0, 0.05) is 27.4 Å². The van der Waals surface area contributed by atoms with E-state index >= 15 is 0 Å². The molecule has 0 unspecified atom stereocenters. The zero-order valence-electron chi connectivity index (χ0n) is 16.8. The molecule has 0 aliphatic carbocycles. The molecule has 0 aliphatic rings. The van der Waals surface area contributed by atoms with Crippen LogP contribution in [0.2, 0.25) is 10.0 Å². The molecule has 0 bridgehead atoms. The molecule has 0 saturated heterocycles. The lowest BCUT2D eigenvalue weighted by atomic mass is 10.1. The summed E-state index contributed by atoms with van der Waals surface area (Å²) in [6.45, 7) is 0.353. The standard InChI is InChI=1S/C22H15Cl2N5O4/c23-16-8-6-14(17(24)10-16)11-28-12-15(19(27-28)13-4-2-1-3-5-13)7-9-18-20(29(32)33)21(30)26-22(31)25-18/h1-10,12H,11H2,(H2,25,26,30,31). The largest absolute Gasteiger partial charge is 0.357 e. The molecule has 0 fully saturated rings. The summed E-state index contributed by atoms with van der Waals surface area (Å²) in [5, 5.41) is 17.0. The number of benzene rings is 2. The molecule has 166 valence electrons. The van der Waals surface area contributed by atoms with Gasteiger partial charge < -0.3 is 4.98 Å². The second-order valence-electron chi connectivity index (χ2n) is 6.99. The lowest BCUT2D eigenvalue weighted by Crippen LogP contribution is -2.25. The highest BCUT2D eigenvalue weighted by Crippen LogP contribution is 2.26. The molecule has 2 aromatic carbocycles. The summed E-state index contributed by atoms with van der Waals surface area (Å²) in [7, 11) is 0. The Bertz CT molecular complexity index is 1490. The molecule has 33 heavy (non-hydrogen) atoms. The Hall–Kier alpha value is -3.95. The fourth-order valence-corrected chi connectivity index (χ4v) is 3.73. The number of nitrogens with zero attached hydrogens (tertiary/aromatic N) is 3. The fraction of sp³-hybridized carbons (Fsp3) is 0.0455. The third-order valence-corrected chi connectivity index (χ3v) is 5.33. The first-order valence-corrected chi connectivity index (χ1v) is 10.3. The van der Waals surface area contributed by atoms with E-state index in [9.17, 15) is 19.7 Å². The lowest BCUT2D eigenvalue weighted by Gasteiger charge is -2.05. The molecule has 0 atom stereocenters. The summed E-state index contributed by atoms with van der Waals surface area (Å²) in [6.07, 6.45) is 4.59. The molecule has 2 aromatic heterocycles. The predicted octanol–water partition coefficient (Wildman–Crippen LogP) is 4.36. The van der Waals surface area contributed by atoms with Crippen molar-refractivity contribution >= 4 is 41.0 Å². The number of H-pyrrole nitrogens is 2. The zero-order chi connectivity index (χ0) is 23.5. The van der Waals surface area contributed by atoms with Crippen LogP contribution >= 0.6 is 23.2 Å². The van der Waals surface area contributed by atoms with Gasteiger partial charge in [-0.1, -0.05) is 59.6 Å². The molecule has 0 aliphatic heterocycles. The smallest absolute Gasteiger partial charge is 0.301 e. The molecule has 2 heterocycles. The van der Waals surface area contributed by atoms with E-state index in [0.29, 0.717) is 27.8 Å². The van der Waals surface area contributed by atoms with Gasteiger partial charge in [0.2, 0.25) is 0 Å². The van der Waals surface area contributed by atoms with E-state index in [-0.39, 0.29) is 5.69 Å². The van der Waals surface area contributed by atoms with Crippen molar-refractivity contribution in [3.63, 3.8) is 0 Å². The molecule has 9 nitrogen and oxygen atoms in total. The van der Waals surface area contributed by atoms with E-state index in [1.807, 2.05) is 35.3 Å². The summed E-state index contributed by atoms with van der Waals surface area (Å²) in [6, 6.07) is 14.5. The maximum absolute atomic E-state index is 11.9. The number of rotatable bonds is 6. The first-order chi connectivity index (χ1) is 15.8. The summed E-state index contributed by atoms with van der Waals surface area (Å²) >= 11 is 12.3. The van der Waals surface area contributed by atoms with Gasteiger partial charge in [0.1, 0.15) is 5.69 Å². The molecule has 11 heteroatoms. The van der Waals surface area contributed by atoms with Gasteiger partial charge in [-0.05, 0) is 29.8 Å². The highest BCUT2D eigenvalue weighted by Gasteiger charge is 2.19. The second kappa shape index (κ2) is 9.27. The normalized spacial score (nSPS) is 11.2. The van der Waals surface area contributed by atoms with Gasteiger partial charge in [-0.2, -0.15) is 5.10 Å². The number of halogens is 2. The SMILES string of the molecule is O=c1[nH]c(C=Cc2cn(Cc3ccc(Cl)cc3Cl)nc2-c2ccccc2)c([N+](=O)[O-])c(=O)[nH]1. The molecule has 4 aromatic rings. The van der Waals surface area contributed by atoms with Crippen molar-refractivity contribution in [3.05, 3.63) is 113 Å². The highest BCUT2D eigenvalue weighted by atomic mass is 35.5. The summed E-state index contributed by atoms with van der Waals surface area (Å²) in [4.78, 5) is 38.1. The van der Waals surface area contributed by atoms with Crippen LogP contribution in [0.1, 0.15) is 16.8 Å². The number of nitro groups is 1. The van der Waals surface area contributed by atoms with E-state index in [2.05, 4.69) is 10.1 Å². The van der Waals surface area contributed by atoms with Crippen LogP contribution in [-0.2, 0) is 6.54 Å². The number of aromatic nitrogens is 4. The lowest BCUT2D eigenvalue weighted by molar-refractivity contribution is -0.386. The topological polar surface area (TPSA) is 127 Å². The van der Waals surface area contributed by atoms with Crippen LogP contribution in [0.25, 0.3) is 23.4 Å². The Morgan fingerprint density at radius 3 is 2.52 bits per heavy atom. The Kier molecular flexibility index (Phi) is 6.25. The highest BCUT2D eigenvalue weighted by molar-refractivity contribution is 6.35. The molecule has 0 amide bonds. The monoisotopic (exact) mass is 483 g/mol. The summed E-state index contributed by atoms with van der Waals surface area (Å²) < 4.78 is 1.67. The third kappa shape index (κ3) is 4.94. The predicted molar refractivity (Wildman–Crippen MR) is 126 cm³/mol. The first kappa shape index (κ1) is 22.3. The van der Waals surface area contributed by atoms with Gasteiger partial charge in [-0.15, -0.1) is 0 Å². The van der Waals surface area contributed by atoms with Crippen LogP contribution in [0.15, 0.2) is 64.3 Å². The molecule has 0 spiro atoms. The number of hydrogen-bond acceptors (Lipinski definition) is 5. The molecule has 0 radical (unpaired) electrons. The quantitative estimate of drug-likeness (QED) is 0.311. The minimum absolute atomic E-state index is 0.221. The van der Waals surface area contributed by atoms with Crippen molar-refractivity contribution in [3.8, 4) is 11.3 Å². The van der Waals surface area contributed by atoms with Crippen LogP contribution in [-0.4, -0.2) is 24.7 Å². The van der Waals surface area contributed by atoms with E-state index in [1.54, 1.807) is 35.2 Å². The Morgan fingerprint density at radius 1 is 1.06 bits per heavy atom. The van der Waals surface area contributed by atoms with Crippen molar-refractivity contribution in [2.24, 2.45) is 0 Å². The number of hydrogen-bond donors (Lipinski definition) is 2. The van der Waals surface area contributed by atoms with Gasteiger partial charge >= 0.3 is 16.9 Å². The van der Waals surface area contributed by atoms with Crippen LogP contribution in [0.5, 0.6) is 0 Å². The van der Waals surface area contributed by atoms with Crippen LogP contribution in [0.4, 0.5) is 5.69 Å². The van der Waals surface area contributed by atoms with Crippen molar-refractivity contribution in [2.45, 2.75) is 6.54 Å². The Morgan fingerprint density at radius 2 is 1.82 bits per heavy atom. The van der Waals surface area contributed by atoms with Crippen LogP contribution < -0.4 is 11.2 Å². The van der Waals surface area contributed by atoms with Crippen molar-refractivity contribution in [2.75, 3.05) is 0 Å². The van der Waals surface area contributed by atoms with E-state index < -0.39 is 21.9 Å². The van der Waals surface area contributed by atoms with Crippen molar-refractivity contribution in [1.82, 2.24) is 19.7 Å². The Balaban J connectivity index is 1.79. The maximum atomic E-state index is 11.9. The third-order valence-electron chi connectivity index (χ3n) is 4.74. The molecular formula is C22H15Cl2N5O4. The van der Waals surface area contributed by atoms with E-state index in [1.165, 1.54) is 6.08 Å². The summed E-state index contributed by atoms with van der Waals surface area (Å²) in [5.74, 6) is 0. The van der Waals surface area contributed by atoms with Gasteiger partial charge in [0.25, 0.3) is 0 Å². The van der Waals surface area contributed by atoms with Gasteiger partial charge in [-0.25, -0.2) is 4.79 Å². The fourth-order valence-electron chi connectivity index (χ4n) is 3.26.